The molecule has 0 saturated carbocycles. The number of oxazole rings is 1. The molecule has 1 aromatic heterocycles. The molecular formula is C24H24ClN5O5. The molecule has 2 aliphatic heterocycles. The summed E-state index contributed by atoms with van der Waals surface area (Å²) in [7, 11) is 0. The van der Waals surface area contributed by atoms with E-state index < -0.39 is 11.8 Å². The molecule has 0 radical (unpaired) electrons. The molecule has 3 heterocycles. The van der Waals surface area contributed by atoms with Gasteiger partial charge in [0.15, 0.2) is 5.58 Å². The van der Waals surface area contributed by atoms with Crippen molar-refractivity contribution >= 4 is 46.7 Å². The number of H-pyrrole nitrogens is 1. The minimum Gasteiger partial charge on any atom is -0.408 e. The van der Waals surface area contributed by atoms with E-state index in [1.807, 2.05) is 29.2 Å². The molecule has 3 aromatic rings. The largest absolute Gasteiger partial charge is 0.417 e. The molecule has 1 fully saturated rings. The van der Waals surface area contributed by atoms with E-state index >= 15 is 0 Å². The summed E-state index contributed by atoms with van der Waals surface area (Å²) in [6, 6.07) is 9.62. The maximum absolute atomic E-state index is 12.8. The van der Waals surface area contributed by atoms with Crippen LogP contribution in [0.15, 0.2) is 45.6 Å². The second kappa shape index (κ2) is 9.46. The van der Waals surface area contributed by atoms with Crippen LogP contribution in [0.2, 0.25) is 5.02 Å². The minimum atomic E-state index is -0.801. The minimum absolute atomic E-state index is 0.0239. The Morgan fingerprint density at radius 1 is 1.23 bits per heavy atom. The molecule has 5 rings (SSSR count). The number of aromatic amines is 1. The van der Waals surface area contributed by atoms with Crippen molar-refractivity contribution in [2.45, 2.75) is 37.9 Å². The molecule has 1 saturated heterocycles. The van der Waals surface area contributed by atoms with E-state index in [4.69, 9.17) is 16.0 Å². The standard InChI is InChI=1S/C24H24ClN5O5/c25-18-11-20-21(35-24(34)28-20)10-15(18)9-16(13-31)26-22(32)29-7-5-17(6-8-29)30-12-14-3-1-2-4-19(14)27-23(30)33/h1-4,10-11,13,16-17H,5-9,12H2,(H,26,32)(H,27,33)(H,28,34). The van der Waals surface area contributed by atoms with Gasteiger partial charge in [-0.05, 0) is 42.2 Å². The van der Waals surface area contributed by atoms with Crippen LogP contribution in [-0.4, -0.2) is 58.3 Å². The number of piperidine rings is 1. The normalized spacial score (nSPS) is 17.1. The van der Waals surface area contributed by atoms with Crippen LogP contribution < -0.4 is 16.4 Å². The van der Waals surface area contributed by atoms with Gasteiger partial charge in [0.05, 0.1) is 11.6 Å². The molecule has 2 aromatic carbocycles. The van der Waals surface area contributed by atoms with Gasteiger partial charge in [-0.2, -0.15) is 0 Å². The van der Waals surface area contributed by atoms with E-state index in [9.17, 15) is 19.2 Å². The first-order chi connectivity index (χ1) is 16.9. The number of nitrogens with one attached hydrogen (secondary N) is 3. The summed E-state index contributed by atoms with van der Waals surface area (Å²) in [5.41, 5.74) is 3.27. The number of aromatic nitrogens is 1. The fourth-order valence-corrected chi connectivity index (χ4v) is 4.93. The fraction of sp³-hybridized carbons (Fsp3) is 0.333. The van der Waals surface area contributed by atoms with Crippen LogP contribution in [0, 0.1) is 0 Å². The summed E-state index contributed by atoms with van der Waals surface area (Å²) in [4.78, 5) is 54.5. The number of nitrogens with zero attached hydrogens (tertiary/aromatic N) is 2. The molecule has 11 heteroatoms. The second-order valence-electron chi connectivity index (χ2n) is 8.78. The zero-order valence-corrected chi connectivity index (χ0v) is 19.5. The number of urea groups is 2. The number of carbonyl (C=O) groups excluding carboxylic acids is 3. The van der Waals surface area contributed by atoms with Crippen molar-refractivity contribution in [1.29, 1.82) is 0 Å². The lowest BCUT2D eigenvalue weighted by Gasteiger charge is -2.40. The van der Waals surface area contributed by atoms with Gasteiger partial charge in [0.25, 0.3) is 0 Å². The third-order valence-corrected chi connectivity index (χ3v) is 6.91. The number of hydrogen-bond donors (Lipinski definition) is 3. The quantitative estimate of drug-likeness (QED) is 0.467. The van der Waals surface area contributed by atoms with E-state index in [1.54, 1.807) is 17.0 Å². The van der Waals surface area contributed by atoms with E-state index in [0.717, 1.165) is 11.3 Å². The summed E-state index contributed by atoms with van der Waals surface area (Å²) < 4.78 is 5.06. The number of likely N-dealkylation sites (tertiary alicyclic amines) is 1. The van der Waals surface area contributed by atoms with Gasteiger partial charge in [0, 0.05) is 42.8 Å². The van der Waals surface area contributed by atoms with Crippen LogP contribution in [-0.2, 0) is 17.8 Å². The second-order valence-corrected chi connectivity index (χ2v) is 9.19. The number of anilines is 1. The van der Waals surface area contributed by atoms with Gasteiger partial charge in [0.2, 0.25) is 0 Å². The average Bonchev–Trinajstić information content (AvgIpc) is 3.21. The molecule has 0 spiro atoms. The molecule has 3 N–H and O–H groups in total. The van der Waals surface area contributed by atoms with Crippen molar-refractivity contribution in [3.8, 4) is 0 Å². The maximum atomic E-state index is 12.8. The molecule has 182 valence electrons. The van der Waals surface area contributed by atoms with Crippen LogP contribution in [0.1, 0.15) is 24.0 Å². The third-order valence-electron chi connectivity index (χ3n) is 6.55. The highest BCUT2D eigenvalue weighted by molar-refractivity contribution is 6.32. The van der Waals surface area contributed by atoms with Crippen molar-refractivity contribution in [3.63, 3.8) is 0 Å². The van der Waals surface area contributed by atoms with Crippen molar-refractivity contribution in [2.75, 3.05) is 18.4 Å². The zero-order valence-electron chi connectivity index (χ0n) is 18.8. The molecule has 1 unspecified atom stereocenters. The molecule has 2 aliphatic rings. The lowest BCUT2D eigenvalue weighted by molar-refractivity contribution is -0.109. The first-order valence-corrected chi connectivity index (χ1v) is 11.8. The van der Waals surface area contributed by atoms with E-state index in [1.165, 1.54) is 0 Å². The van der Waals surface area contributed by atoms with Crippen LogP contribution >= 0.6 is 11.6 Å². The zero-order chi connectivity index (χ0) is 24.5. The van der Waals surface area contributed by atoms with Crippen molar-refractivity contribution in [1.82, 2.24) is 20.1 Å². The Hall–Kier alpha value is -3.79. The predicted octanol–water partition coefficient (Wildman–Crippen LogP) is 3.11. The highest BCUT2D eigenvalue weighted by Gasteiger charge is 2.33. The molecule has 10 nitrogen and oxygen atoms in total. The van der Waals surface area contributed by atoms with E-state index in [2.05, 4.69) is 15.6 Å². The molecular weight excluding hydrogens is 474 g/mol. The predicted molar refractivity (Wildman–Crippen MR) is 130 cm³/mol. The van der Waals surface area contributed by atoms with Crippen molar-refractivity contribution in [3.05, 3.63) is 63.1 Å². The number of hydrogen-bond acceptors (Lipinski definition) is 5. The van der Waals surface area contributed by atoms with Crippen molar-refractivity contribution < 1.29 is 18.8 Å². The van der Waals surface area contributed by atoms with Crippen LogP contribution in [0.5, 0.6) is 0 Å². The number of halogens is 1. The van der Waals surface area contributed by atoms with E-state index in [-0.39, 0.29) is 24.5 Å². The van der Waals surface area contributed by atoms with Crippen LogP contribution in [0.3, 0.4) is 0 Å². The summed E-state index contributed by atoms with van der Waals surface area (Å²) in [6.07, 6.45) is 2.10. The van der Waals surface area contributed by atoms with Gasteiger partial charge in [-0.1, -0.05) is 29.8 Å². The summed E-state index contributed by atoms with van der Waals surface area (Å²) in [5.74, 6) is -0.594. The maximum Gasteiger partial charge on any atom is 0.417 e. The van der Waals surface area contributed by atoms with E-state index in [0.29, 0.717) is 60.4 Å². The summed E-state index contributed by atoms with van der Waals surface area (Å²) >= 11 is 6.29. The average molecular weight is 498 g/mol. The van der Waals surface area contributed by atoms with Crippen molar-refractivity contribution in [2.24, 2.45) is 0 Å². The van der Waals surface area contributed by atoms with Gasteiger partial charge >= 0.3 is 17.8 Å². The highest BCUT2D eigenvalue weighted by atomic mass is 35.5. The van der Waals surface area contributed by atoms with Gasteiger partial charge in [-0.25, -0.2) is 14.4 Å². The van der Waals surface area contributed by atoms with Gasteiger partial charge in [-0.15, -0.1) is 0 Å². The molecule has 0 aliphatic carbocycles. The molecule has 4 amide bonds. The Labute approximate surface area is 205 Å². The number of benzene rings is 2. The Balaban J connectivity index is 1.18. The Morgan fingerprint density at radius 3 is 2.77 bits per heavy atom. The lowest BCUT2D eigenvalue weighted by atomic mass is 10.0. The SMILES string of the molecule is O=CC(Cc1cc2oc(=O)[nH]c2cc1Cl)NC(=O)N1CCC(N2Cc3ccccc3NC2=O)CC1. The third kappa shape index (κ3) is 4.74. The number of para-hydroxylation sites is 1. The molecule has 1 atom stereocenters. The number of rotatable bonds is 5. The Kier molecular flexibility index (Phi) is 6.21. The first kappa shape index (κ1) is 23.0. The Morgan fingerprint density at radius 2 is 2.00 bits per heavy atom. The highest BCUT2D eigenvalue weighted by Crippen LogP contribution is 2.28. The summed E-state index contributed by atoms with van der Waals surface area (Å²) in [6.45, 7) is 1.47. The summed E-state index contributed by atoms with van der Waals surface area (Å²) in [5, 5.41) is 6.04. The topological polar surface area (TPSA) is 128 Å². The number of amides is 4. The van der Waals surface area contributed by atoms with Gasteiger partial charge in [-0.3, -0.25) is 4.98 Å². The van der Waals surface area contributed by atoms with Gasteiger partial charge < -0.3 is 29.6 Å². The van der Waals surface area contributed by atoms with Crippen LogP contribution in [0.4, 0.5) is 15.3 Å². The molecule has 0 bridgehead atoms. The number of aldehydes is 1. The Bertz CT molecular complexity index is 1340. The van der Waals surface area contributed by atoms with Crippen LogP contribution in [0.25, 0.3) is 11.1 Å². The number of carbonyl (C=O) groups is 3. The smallest absolute Gasteiger partial charge is 0.408 e. The number of fused-ring (bicyclic) bond motifs is 2. The molecule has 35 heavy (non-hydrogen) atoms. The fourth-order valence-electron chi connectivity index (χ4n) is 4.69. The monoisotopic (exact) mass is 497 g/mol. The first-order valence-electron chi connectivity index (χ1n) is 11.4. The van der Waals surface area contributed by atoms with Gasteiger partial charge in [0.1, 0.15) is 6.29 Å². The lowest BCUT2D eigenvalue weighted by Crippen LogP contribution is -2.54.